The third-order valence-electron chi connectivity index (χ3n) is 0.794. The summed E-state index contributed by atoms with van der Waals surface area (Å²) < 4.78 is 14.8. The van der Waals surface area contributed by atoms with E-state index in [1.165, 1.54) is 6.47 Å². The van der Waals surface area contributed by atoms with Crippen molar-refractivity contribution >= 4 is 17.6 Å². The van der Waals surface area contributed by atoms with Crippen LogP contribution in [0, 0.1) is 0 Å². The number of hydrogen-bond acceptors (Lipinski definition) is 3. The Balaban J connectivity index is 2.96. The lowest BCUT2D eigenvalue weighted by molar-refractivity contribution is 0.297. The second kappa shape index (κ2) is 5.91. The van der Waals surface area contributed by atoms with Gasteiger partial charge in [-0.2, -0.15) is 0 Å². The summed E-state index contributed by atoms with van der Waals surface area (Å²) in [6, 6.07) is 0. The fourth-order valence-corrected chi connectivity index (χ4v) is 0.879. The van der Waals surface area contributed by atoms with Gasteiger partial charge in [-0.05, 0) is 6.92 Å². The van der Waals surface area contributed by atoms with Gasteiger partial charge in [-0.15, -0.1) is 0 Å². The minimum atomic E-state index is -0.832. The van der Waals surface area contributed by atoms with Gasteiger partial charge in [-0.3, -0.25) is 0 Å². The molecule has 0 aliphatic rings. The van der Waals surface area contributed by atoms with Crippen LogP contribution < -0.4 is 0 Å². The van der Waals surface area contributed by atoms with Gasteiger partial charge in [0.1, 0.15) is 18.1 Å². The van der Waals surface area contributed by atoms with Crippen molar-refractivity contribution < 1.29 is 14.1 Å². The molecule has 3 nitrogen and oxygen atoms in total. The maximum absolute atomic E-state index is 10.6. The SMILES string of the molecule is CC[S+]([O-])CCO[C]=O. The molecule has 0 fully saturated rings. The van der Waals surface area contributed by atoms with Gasteiger partial charge in [-0.25, -0.2) is 4.79 Å². The lowest BCUT2D eigenvalue weighted by Crippen LogP contribution is -2.13. The van der Waals surface area contributed by atoms with Crippen LogP contribution in [-0.2, 0) is 20.7 Å². The molecule has 1 radical (unpaired) electrons. The Morgan fingerprint density at radius 2 is 2.44 bits per heavy atom. The van der Waals surface area contributed by atoms with Crippen molar-refractivity contribution in [2.75, 3.05) is 18.1 Å². The summed E-state index contributed by atoms with van der Waals surface area (Å²) in [6.45, 7) is 3.30. The van der Waals surface area contributed by atoms with Gasteiger partial charge in [-0.1, -0.05) is 11.2 Å². The molecule has 0 heterocycles. The number of rotatable bonds is 5. The Morgan fingerprint density at radius 3 is 2.89 bits per heavy atom. The minimum absolute atomic E-state index is 0.212. The molecule has 1 unspecified atom stereocenters. The molecule has 0 spiro atoms. The Labute approximate surface area is 57.6 Å². The van der Waals surface area contributed by atoms with Crippen molar-refractivity contribution in [3.63, 3.8) is 0 Å². The second-order valence-corrected chi connectivity index (χ2v) is 3.23. The zero-order chi connectivity index (χ0) is 7.11. The van der Waals surface area contributed by atoms with Crippen LogP contribution in [0.15, 0.2) is 0 Å². The van der Waals surface area contributed by atoms with Crippen molar-refractivity contribution in [1.82, 2.24) is 0 Å². The Kier molecular flexibility index (Phi) is 5.76. The van der Waals surface area contributed by atoms with E-state index in [-0.39, 0.29) is 6.61 Å². The van der Waals surface area contributed by atoms with Gasteiger partial charge in [0.2, 0.25) is 0 Å². The number of carbonyl (C=O) groups excluding carboxylic acids is 1. The number of ether oxygens (including phenoxy) is 1. The molecular formula is C5H9O3S. The maximum atomic E-state index is 10.6. The molecule has 0 saturated carbocycles. The highest BCUT2D eigenvalue weighted by molar-refractivity contribution is 7.91. The summed E-state index contributed by atoms with van der Waals surface area (Å²) >= 11 is -0.832. The van der Waals surface area contributed by atoms with Gasteiger partial charge in [0.05, 0.1) is 0 Å². The van der Waals surface area contributed by atoms with Crippen LogP contribution in [0.25, 0.3) is 0 Å². The predicted molar refractivity (Wildman–Crippen MR) is 35.2 cm³/mol. The van der Waals surface area contributed by atoms with E-state index < -0.39 is 11.2 Å². The summed E-state index contributed by atoms with van der Waals surface area (Å²) in [5.74, 6) is 1.04. The average Bonchev–Trinajstić information content (AvgIpc) is 1.89. The monoisotopic (exact) mass is 149 g/mol. The van der Waals surface area contributed by atoms with Crippen LogP contribution >= 0.6 is 0 Å². The third-order valence-corrected chi connectivity index (χ3v) is 2.06. The van der Waals surface area contributed by atoms with Gasteiger partial charge >= 0.3 is 6.47 Å². The van der Waals surface area contributed by atoms with E-state index in [9.17, 15) is 9.35 Å². The summed E-state index contributed by atoms with van der Waals surface area (Å²) in [5.41, 5.74) is 0. The maximum Gasteiger partial charge on any atom is 0.417 e. The van der Waals surface area contributed by atoms with E-state index in [0.717, 1.165) is 0 Å². The van der Waals surface area contributed by atoms with Crippen molar-refractivity contribution in [3.05, 3.63) is 0 Å². The van der Waals surface area contributed by atoms with E-state index in [1.807, 2.05) is 6.92 Å². The van der Waals surface area contributed by atoms with Crippen LogP contribution in [0.2, 0.25) is 0 Å². The van der Waals surface area contributed by atoms with Crippen molar-refractivity contribution in [2.45, 2.75) is 6.92 Å². The molecule has 0 N–H and O–H groups in total. The van der Waals surface area contributed by atoms with E-state index in [4.69, 9.17) is 0 Å². The van der Waals surface area contributed by atoms with Crippen molar-refractivity contribution in [1.29, 1.82) is 0 Å². The summed E-state index contributed by atoms with van der Waals surface area (Å²) in [5, 5.41) is 0. The molecule has 0 aliphatic carbocycles. The minimum Gasteiger partial charge on any atom is -0.616 e. The highest BCUT2D eigenvalue weighted by Gasteiger charge is 2.00. The summed E-state index contributed by atoms with van der Waals surface area (Å²) in [7, 11) is 0. The molecule has 0 aromatic heterocycles. The van der Waals surface area contributed by atoms with Gasteiger partial charge in [0, 0.05) is 0 Å². The second-order valence-electron chi connectivity index (χ2n) is 1.36. The zero-order valence-corrected chi connectivity index (χ0v) is 6.07. The first-order valence-corrected chi connectivity index (χ1v) is 4.14. The van der Waals surface area contributed by atoms with E-state index in [0.29, 0.717) is 11.5 Å². The smallest absolute Gasteiger partial charge is 0.417 e. The zero-order valence-electron chi connectivity index (χ0n) is 5.25. The molecule has 0 bridgehead atoms. The average molecular weight is 149 g/mol. The van der Waals surface area contributed by atoms with Crippen molar-refractivity contribution in [2.24, 2.45) is 0 Å². The Bertz CT molecular complexity index is 76.6. The van der Waals surface area contributed by atoms with Gasteiger partial charge < -0.3 is 9.29 Å². The lowest BCUT2D eigenvalue weighted by atomic mass is 10.9. The molecule has 1 atom stereocenters. The molecule has 0 rings (SSSR count). The van der Waals surface area contributed by atoms with Crippen molar-refractivity contribution in [3.8, 4) is 0 Å². The Morgan fingerprint density at radius 1 is 1.78 bits per heavy atom. The van der Waals surface area contributed by atoms with Crippen LogP contribution in [0.1, 0.15) is 6.92 Å². The highest BCUT2D eigenvalue weighted by atomic mass is 32.2. The summed E-state index contributed by atoms with van der Waals surface area (Å²) in [6.07, 6.45) is 0. The standard InChI is InChI=1S/C5H9O3S/c1-2-9(7)4-3-8-5-6/h2-4H2,1H3. The molecule has 0 saturated heterocycles. The third kappa shape index (κ3) is 5.65. The topological polar surface area (TPSA) is 49.4 Å². The van der Waals surface area contributed by atoms with Gasteiger partial charge in [0.15, 0.2) is 0 Å². The molecule has 0 aromatic carbocycles. The fourth-order valence-electron chi connectivity index (χ4n) is 0.321. The molecule has 0 aliphatic heterocycles. The predicted octanol–water partition coefficient (Wildman–Crippen LogP) is -0.161. The van der Waals surface area contributed by atoms with Crippen LogP contribution in [0.5, 0.6) is 0 Å². The largest absolute Gasteiger partial charge is 0.616 e. The molecular weight excluding hydrogens is 140 g/mol. The van der Waals surface area contributed by atoms with E-state index >= 15 is 0 Å². The number of hydrogen-bond donors (Lipinski definition) is 0. The molecule has 9 heavy (non-hydrogen) atoms. The first-order valence-electron chi connectivity index (χ1n) is 2.65. The van der Waals surface area contributed by atoms with E-state index in [2.05, 4.69) is 4.74 Å². The van der Waals surface area contributed by atoms with Crippen LogP contribution in [0.3, 0.4) is 0 Å². The molecule has 0 aromatic rings. The quantitative estimate of drug-likeness (QED) is 0.403. The highest BCUT2D eigenvalue weighted by Crippen LogP contribution is 1.87. The first kappa shape index (κ1) is 8.78. The molecule has 4 heteroatoms. The van der Waals surface area contributed by atoms with E-state index in [1.54, 1.807) is 0 Å². The first-order chi connectivity index (χ1) is 4.31. The lowest BCUT2D eigenvalue weighted by Gasteiger charge is -2.05. The normalized spacial score (nSPS) is 12.7. The molecule has 0 amide bonds. The van der Waals surface area contributed by atoms with Gasteiger partial charge in [0.25, 0.3) is 0 Å². The molecule has 53 valence electrons. The van der Waals surface area contributed by atoms with Crippen LogP contribution in [-0.4, -0.2) is 29.1 Å². The summed E-state index contributed by atoms with van der Waals surface area (Å²) in [4.78, 5) is 9.43. The fraction of sp³-hybridized carbons (Fsp3) is 0.800. The Hall–Kier alpha value is -0.220. The van der Waals surface area contributed by atoms with Crippen LogP contribution in [0.4, 0.5) is 0 Å².